The van der Waals surface area contributed by atoms with Gasteiger partial charge in [0.05, 0.1) is 0 Å². The molecule has 188 valence electrons. The Kier molecular flexibility index (Phi) is 10.9. The van der Waals surface area contributed by atoms with Gasteiger partial charge in [0.2, 0.25) is 0 Å². The molecule has 10 heteroatoms. The van der Waals surface area contributed by atoms with Crippen molar-refractivity contribution in [3.8, 4) is 0 Å². The second-order valence-corrected chi connectivity index (χ2v) is 8.18. The molecule has 2 heterocycles. The van der Waals surface area contributed by atoms with Crippen LogP contribution in [0.5, 0.6) is 0 Å². The van der Waals surface area contributed by atoms with Crippen LogP contribution in [0.3, 0.4) is 0 Å². The van der Waals surface area contributed by atoms with E-state index in [0.29, 0.717) is 19.1 Å². The number of carbonyl (C=O) groups is 2. The third-order valence-corrected chi connectivity index (χ3v) is 5.85. The monoisotopic (exact) mass is 472 g/mol. The van der Waals surface area contributed by atoms with E-state index >= 15 is 0 Å². The van der Waals surface area contributed by atoms with Crippen LogP contribution >= 0.6 is 0 Å². The molecular weight excluding hydrogens is 436 g/mol. The van der Waals surface area contributed by atoms with E-state index in [0.717, 1.165) is 12.8 Å². The molecule has 0 bridgehead atoms. The molecule has 0 aromatic rings. The van der Waals surface area contributed by atoms with Gasteiger partial charge >= 0.3 is 11.9 Å². The number of hydrogen-bond donors (Lipinski definition) is 4. The van der Waals surface area contributed by atoms with Crippen molar-refractivity contribution >= 4 is 11.9 Å². The molecule has 0 amide bonds. The molecule has 4 unspecified atom stereocenters. The van der Waals surface area contributed by atoms with Crippen molar-refractivity contribution in [1.29, 1.82) is 0 Å². The van der Waals surface area contributed by atoms with E-state index in [2.05, 4.69) is 6.58 Å². The highest BCUT2D eigenvalue weighted by Crippen LogP contribution is 2.27. The average Bonchev–Trinajstić information content (AvgIpc) is 3.49. The van der Waals surface area contributed by atoms with Gasteiger partial charge in [-0.3, -0.25) is 0 Å². The summed E-state index contributed by atoms with van der Waals surface area (Å²) in [6, 6.07) is 0. The fourth-order valence-electron chi connectivity index (χ4n) is 4.07. The minimum Gasteiger partial charge on any atom is -0.454 e. The highest BCUT2D eigenvalue weighted by molar-refractivity contribution is 5.78. The molecule has 2 aliphatic heterocycles. The van der Waals surface area contributed by atoms with Gasteiger partial charge in [-0.2, -0.15) is 0 Å². The highest BCUT2D eigenvalue weighted by atomic mass is 16.6. The Morgan fingerprint density at radius 1 is 0.939 bits per heavy atom. The number of carbonyl (C=O) groups excluding carboxylic acids is 2. The fraction of sp³-hybridized carbons (Fsp3) is 0.739. The molecule has 1 aliphatic carbocycles. The maximum Gasteiger partial charge on any atom is 0.338 e. The maximum atomic E-state index is 11.5. The largest absolute Gasteiger partial charge is 0.454 e. The molecule has 0 radical (unpaired) electrons. The van der Waals surface area contributed by atoms with Crippen LogP contribution < -0.4 is 0 Å². The first kappa shape index (κ1) is 27.4. The van der Waals surface area contributed by atoms with Gasteiger partial charge in [-0.1, -0.05) is 31.1 Å². The van der Waals surface area contributed by atoms with Crippen LogP contribution in [0.1, 0.15) is 39.5 Å². The molecular formula is C23H36O10. The number of allylic oxidation sites excluding steroid dienone is 1. The minimum absolute atomic E-state index is 0.299. The van der Waals surface area contributed by atoms with Crippen LogP contribution in [0.2, 0.25) is 0 Å². The van der Waals surface area contributed by atoms with Crippen molar-refractivity contribution in [2.75, 3.05) is 13.2 Å². The van der Waals surface area contributed by atoms with E-state index in [1.807, 2.05) is 6.08 Å². The molecule has 33 heavy (non-hydrogen) atoms. The number of aliphatic hydroxyl groups is 4. The highest BCUT2D eigenvalue weighted by Gasteiger charge is 2.48. The number of cyclic esters (lactones) is 2. The Morgan fingerprint density at radius 3 is 1.82 bits per heavy atom. The first-order valence-electron chi connectivity index (χ1n) is 11.4. The lowest BCUT2D eigenvalue weighted by atomic mass is 10.0. The number of ether oxygens (including phenoxy) is 4. The van der Waals surface area contributed by atoms with Crippen molar-refractivity contribution in [3.63, 3.8) is 0 Å². The van der Waals surface area contributed by atoms with Crippen LogP contribution in [-0.4, -0.2) is 94.4 Å². The SMILES string of the molecule is C=C[C@@H](O)C1OC(=O)[C@H](OCC)C1O.CCO[C@H]1C(=O)OC([C@H](O)/C=C/C2CCCC2)C1O. The Balaban J connectivity index is 0.000000245. The molecule has 1 saturated carbocycles. The van der Waals surface area contributed by atoms with Gasteiger partial charge in [-0.25, -0.2) is 9.59 Å². The topological polar surface area (TPSA) is 152 Å². The van der Waals surface area contributed by atoms with Gasteiger partial charge in [0, 0.05) is 13.2 Å². The van der Waals surface area contributed by atoms with Gasteiger partial charge in [0.25, 0.3) is 0 Å². The fourth-order valence-corrected chi connectivity index (χ4v) is 4.07. The van der Waals surface area contributed by atoms with Gasteiger partial charge < -0.3 is 39.4 Å². The van der Waals surface area contributed by atoms with E-state index < -0.39 is 60.8 Å². The Hall–Kier alpha value is -1.82. The van der Waals surface area contributed by atoms with Crippen LogP contribution in [-0.2, 0) is 28.5 Å². The van der Waals surface area contributed by atoms with E-state index in [-0.39, 0.29) is 0 Å². The van der Waals surface area contributed by atoms with Crippen LogP contribution in [0.25, 0.3) is 0 Å². The maximum absolute atomic E-state index is 11.5. The van der Waals surface area contributed by atoms with Crippen molar-refractivity contribution in [3.05, 3.63) is 24.8 Å². The first-order valence-corrected chi connectivity index (χ1v) is 11.4. The molecule has 3 rings (SSSR count). The Labute approximate surface area is 193 Å². The average molecular weight is 473 g/mol. The molecule has 0 aromatic heterocycles. The molecule has 0 aromatic carbocycles. The summed E-state index contributed by atoms with van der Waals surface area (Å²) in [4.78, 5) is 22.7. The zero-order valence-electron chi connectivity index (χ0n) is 19.1. The third kappa shape index (κ3) is 7.08. The Bertz CT molecular complexity index is 674. The molecule has 10 nitrogen and oxygen atoms in total. The summed E-state index contributed by atoms with van der Waals surface area (Å²) < 4.78 is 19.9. The lowest BCUT2D eigenvalue weighted by Gasteiger charge is -2.18. The van der Waals surface area contributed by atoms with Crippen LogP contribution in [0.4, 0.5) is 0 Å². The Morgan fingerprint density at radius 2 is 1.39 bits per heavy atom. The molecule has 4 N–H and O–H groups in total. The van der Waals surface area contributed by atoms with Gasteiger partial charge in [-0.05, 0) is 32.6 Å². The molecule has 8 atom stereocenters. The van der Waals surface area contributed by atoms with Crippen molar-refractivity contribution in [1.82, 2.24) is 0 Å². The standard InChI is InChI=1S/C14H22O5.C9H14O5/c1-2-18-13-11(16)12(19-14(13)17)10(15)8-7-9-5-3-4-6-9;1-3-5(10)7-6(11)8(13-4-2)9(12)14-7/h7-13,15-16H,2-6H2,1H3;3,5-8,10-11H,1,4H2,2H3/b8-7+;/t10-,11?,12?,13-;5-,6?,7?,8-/m11/s1. The first-order chi connectivity index (χ1) is 15.7. The zero-order valence-corrected chi connectivity index (χ0v) is 19.1. The smallest absolute Gasteiger partial charge is 0.338 e. The van der Waals surface area contributed by atoms with E-state index in [9.17, 15) is 30.0 Å². The van der Waals surface area contributed by atoms with Crippen molar-refractivity contribution < 1.29 is 49.0 Å². The second-order valence-electron chi connectivity index (χ2n) is 8.18. The van der Waals surface area contributed by atoms with Crippen LogP contribution in [0.15, 0.2) is 24.8 Å². The molecule has 0 spiro atoms. The van der Waals surface area contributed by atoms with E-state index in [1.54, 1.807) is 19.9 Å². The summed E-state index contributed by atoms with van der Waals surface area (Å²) in [5, 5.41) is 38.8. The number of rotatable bonds is 9. The molecule has 2 saturated heterocycles. The lowest BCUT2D eigenvalue weighted by molar-refractivity contribution is -0.152. The molecule has 3 fully saturated rings. The molecule has 3 aliphatic rings. The van der Waals surface area contributed by atoms with Crippen molar-refractivity contribution in [2.24, 2.45) is 5.92 Å². The van der Waals surface area contributed by atoms with E-state index in [4.69, 9.17) is 18.9 Å². The summed E-state index contributed by atoms with van der Waals surface area (Å²) in [5.41, 5.74) is 0. The minimum atomic E-state index is -1.14. The second kappa shape index (κ2) is 13.2. The summed E-state index contributed by atoms with van der Waals surface area (Å²) in [5.74, 6) is -0.760. The summed E-state index contributed by atoms with van der Waals surface area (Å²) in [6.45, 7) is 7.40. The van der Waals surface area contributed by atoms with Crippen LogP contribution in [0, 0.1) is 5.92 Å². The number of esters is 2. The van der Waals surface area contributed by atoms with Gasteiger partial charge in [0.1, 0.15) is 24.4 Å². The summed E-state index contributed by atoms with van der Waals surface area (Å²) in [6.07, 6.45) is 1.32. The number of hydrogen-bond acceptors (Lipinski definition) is 10. The van der Waals surface area contributed by atoms with Crippen molar-refractivity contribution in [2.45, 2.75) is 88.4 Å². The summed E-state index contributed by atoms with van der Waals surface area (Å²) in [7, 11) is 0. The predicted molar refractivity (Wildman–Crippen MR) is 116 cm³/mol. The normalized spacial score (nSPS) is 34.0. The van der Waals surface area contributed by atoms with Gasteiger partial charge in [-0.15, -0.1) is 6.58 Å². The number of aliphatic hydroxyl groups excluding tert-OH is 4. The lowest BCUT2D eigenvalue weighted by Crippen LogP contribution is -2.39. The summed E-state index contributed by atoms with van der Waals surface area (Å²) >= 11 is 0. The third-order valence-electron chi connectivity index (χ3n) is 5.85. The predicted octanol–water partition coefficient (Wildman–Crippen LogP) is 0.00980. The van der Waals surface area contributed by atoms with E-state index in [1.165, 1.54) is 18.9 Å². The quantitative estimate of drug-likeness (QED) is 0.267. The van der Waals surface area contributed by atoms with Gasteiger partial charge in [0.15, 0.2) is 24.4 Å². The zero-order chi connectivity index (χ0) is 24.5.